The van der Waals surface area contributed by atoms with Crippen LogP contribution in [-0.2, 0) is 12.8 Å². The second-order valence-electron chi connectivity index (χ2n) is 5.07. The van der Waals surface area contributed by atoms with Crippen LogP contribution < -0.4 is 5.73 Å². The number of rotatable bonds is 1. The van der Waals surface area contributed by atoms with Gasteiger partial charge >= 0.3 is 0 Å². The van der Waals surface area contributed by atoms with Crippen LogP contribution in [0.15, 0.2) is 18.2 Å². The number of anilines is 1. The number of hydrogen-bond donors (Lipinski definition) is 1. The Kier molecular flexibility index (Phi) is 2.68. The normalized spacial score (nSPS) is 13.8. The third kappa shape index (κ3) is 1.82. The average Bonchev–Trinajstić information content (AvgIpc) is 2.98. The van der Waals surface area contributed by atoms with E-state index in [1.54, 1.807) is 11.3 Å². The molecule has 0 aliphatic heterocycles. The molecule has 0 saturated carbocycles. The van der Waals surface area contributed by atoms with E-state index in [1.165, 1.54) is 28.6 Å². The Morgan fingerprint density at radius 1 is 1.10 bits per heavy atom. The Bertz CT molecular complexity index is 853. The quantitative estimate of drug-likeness (QED) is 0.745. The molecule has 0 amide bonds. The van der Waals surface area contributed by atoms with Crippen LogP contribution >= 0.6 is 11.3 Å². The summed E-state index contributed by atoms with van der Waals surface area (Å²) in [6.07, 6.45) is 3.09. The van der Waals surface area contributed by atoms with Crippen molar-refractivity contribution < 1.29 is 8.78 Å². The van der Waals surface area contributed by atoms with Gasteiger partial charge in [-0.05, 0) is 37.0 Å². The summed E-state index contributed by atoms with van der Waals surface area (Å²) in [5.41, 5.74) is 7.00. The van der Waals surface area contributed by atoms with Gasteiger partial charge in [0.25, 0.3) is 0 Å². The van der Waals surface area contributed by atoms with E-state index in [9.17, 15) is 8.78 Å². The highest BCUT2D eigenvalue weighted by atomic mass is 32.1. The first-order valence-electron chi connectivity index (χ1n) is 6.67. The molecule has 3 aromatic rings. The van der Waals surface area contributed by atoms with Gasteiger partial charge in [0.15, 0.2) is 5.82 Å². The molecule has 2 aromatic heterocycles. The van der Waals surface area contributed by atoms with Crippen molar-refractivity contribution >= 4 is 27.4 Å². The maximum Gasteiger partial charge on any atom is 0.169 e. The minimum atomic E-state index is -0.683. The molecule has 3 nitrogen and oxygen atoms in total. The molecule has 106 valence electrons. The van der Waals surface area contributed by atoms with Gasteiger partial charge in [0, 0.05) is 4.88 Å². The second kappa shape index (κ2) is 4.46. The van der Waals surface area contributed by atoms with Crippen molar-refractivity contribution in [2.24, 2.45) is 0 Å². The van der Waals surface area contributed by atoms with E-state index in [4.69, 9.17) is 5.73 Å². The molecule has 1 aliphatic rings. The van der Waals surface area contributed by atoms with Crippen LogP contribution in [0.3, 0.4) is 0 Å². The van der Waals surface area contributed by atoms with Gasteiger partial charge in [0.1, 0.15) is 22.3 Å². The number of nitrogens with two attached hydrogens (primary N) is 1. The summed E-state index contributed by atoms with van der Waals surface area (Å²) in [4.78, 5) is 10.4. The first-order chi connectivity index (χ1) is 10.1. The largest absolute Gasteiger partial charge is 0.383 e. The minimum Gasteiger partial charge on any atom is -0.383 e. The van der Waals surface area contributed by atoms with E-state index < -0.39 is 11.6 Å². The third-order valence-corrected chi connectivity index (χ3v) is 4.96. The molecule has 2 N–H and O–H groups in total. The topological polar surface area (TPSA) is 51.8 Å². The zero-order chi connectivity index (χ0) is 14.6. The summed E-state index contributed by atoms with van der Waals surface area (Å²) in [5, 5.41) is 0.855. The highest BCUT2D eigenvalue weighted by molar-refractivity contribution is 7.19. The monoisotopic (exact) mass is 303 g/mol. The summed E-state index contributed by atoms with van der Waals surface area (Å²) in [7, 11) is 0. The van der Waals surface area contributed by atoms with Crippen molar-refractivity contribution in [3.63, 3.8) is 0 Å². The molecule has 0 atom stereocenters. The summed E-state index contributed by atoms with van der Waals surface area (Å²) in [5.74, 6) is -1.05. The number of aryl methyl sites for hydroxylation is 2. The Labute approximate surface area is 123 Å². The van der Waals surface area contributed by atoms with Gasteiger partial charge < -0.3 is 5.73 Å². The molecule has 0 unspecified atom stereocenters. The number of aromatic nitrogens is 2. The van der Waals surface area contributed by atoms with E-state index in [0.717, 1.165) is 24.6 Å². The lowest BCUT2D eigenvalue weighted by Gasteiger charge is -2.06. The fraction of sp³-hybridized carbons (Fsp3) is 0.200. The summed E-state index contributed by atoms with van der Waals surface area (Å²) >= 11 is 1.55. The van der Waals surface area contributed by atoms with E-state index in [2.05, 4.69) is 9.97 Å². The summed E-state index contributed by atoms with van der Waals surface area (Å²) < 4.78 is 27.7. The number of hydrogen-bond acceptors (Lipinski definition) is 4. The lowest BCUT2D eigenvalue weighted by atomic mass is 10.1. The Hall–Kier alpha value is -2.08. The molecule has 0 spiro atoms. The fourth-order valence-electron chi connectivity index (χ4n) is 2.85. The van der Waals surface area contributed by atoms with Crippen LogP contribution in [0.4, 0.5) is 14.6 Å². The predicted octanol–water partition coefficient (Wildman–Crippen LogP) is 3.71. The van der Waals surface area contributed by atoms with Crippen molar-refractivity contribution in [2.75, 3.05) is 5.73 Å². The summed E-state index contributed by atoms with van der Waals surface area (Å²) in [6.45, 7) is 0. The summed E-state index contributed by atoms with van der Waals surface area (Å²) in [6, 6.07) is 3.70. The van der Waals surface area contributed by atoms with Gasteiger partial charge in [-0.25, -0.2) is 18.7 Å². The fourth-order valence-corrected chi connectivity index (χ4v) is 4.12. The third-order valence-electron chi connectivity index (χ3n) is 3.78. The first kappa shape index (κ1) is 12.6. The van der Waals surface area contributed by atoms with Crippen molar-refractivity contribution in [3.05, 3.63) is 40.3 Å². The minimum absolute atomic E-state index is 0.00974. The Balaban J connectivity index is 2.00. The molecular weight excluding hydrogens is 292 g/mol. The molecule has 0 saturated heterocycles. The number of thiophene rings is 1. The van der Waals surface area contributed by atoms with Crippen LogP contribution in [0.1, 0.15) is 16.9 Å². The van der Waals surface area contributed by atoms with Crippen molar-refractivity contribution in [1.82, 2.24) is 9.97 Å². The van der Waals surface area contributed by atoms with Crippen molar-refractivity contribution in [3.8, 4) is 11.4 Å². The zero-order valence-corrected chi connectivity index (χ0v) is 11.8. The van der Waals surface area contributed by atoms with Gasteiger partial charge in [-0.1, -0.05) is 6.07 Å². The van der Waals surface area contributed by atoms with E-state index in [0.29, 0.717) is 10.6 Å². The van der Waals surface area contributed by atoms with Crippen LogP contribution in [0.25, 0.3) is 21.6 Å². The zero-order valence-electron chi connectivity index (χ0n) is 11.0. The number of nitrogen functional groups attached to an aromatic ring is 1. The molecule has 0 bridgehead atoms. The molecule has 4 rings (SSSR count). The van der Waals surface area contributed by atoms with E-state index >= 15 is 0 Å². The van der Waals surface area contributed by atoms with Crippen LogP contribution in [0.2, 0.25) is 0 Å². The molecule has 2 heterocycles. The number of fused-ring (bicyclic) bond motifs is 3. The predicted molar refractivity (Wildman–Crippen MR) is 79.2 cm³/mol. The van der Waals surface area contributed by atoms with Gasteiger partial charge in [0.2, 0.25) is 0 Å². The highest BCUT2D eigenvalue weighted by Gasteiger charge is 2.23. The smallest absolute Gasteiger partial charge is 0.169 e. The maximum atomic E-state index is 13.9. The van der Waals surface area contributed by atoms with Crippen LogP contribution in [0.5, 0.6) is 0 Å². The molecule has 21 heavy (non-hydrogen) atoms. The molecule has 0 radical (unpaired) electrons. The number of benzene rings is 1. The SMILES string of the molecule is Nc1nc(-c2c(F)cccc2F)nc2sc3c(c12)CCC3. The number of nitrogens with zero attached hydrogens (tertiary/aromatic N) is 2. The van der Waals surface area contributed by atoms with Crippen molar-refractivity contribution in [1.29, 1.82) is 0 Å². The van der Waals surface area contributed by atoms with Gasteiger partial charge in [0.05, 0.1) is 10.9 Å². The van der Waals surface area contributed by atoms with Gasteiger partial charge in [-0.15, -0.1) is 11.3 Å². The van der Waals surface area contributed by atoms with Crippen LogP contribution in [0, 0.1) is 11.6 Å². The highest BCUT2D eigenvalue weighted by Crippen LogP contribution is 2.39. The van der Waals surface area contributed by atoms with Gasteiger partial charge in [-0.3, -0.25) is 0 Å². The second-order valence-corrected chi connectivity index (χ2v) is 6.15. The Morgan fingerprint density at radius 2 is 1.86 bits per heavy atom. The standard InChI is InChI=1S/C15H11F2N3S/c16-8-4-2-5-9(17)12(8)14-19-13(18)11-7-3-1-6-10(7)21-15(11)20-14/h2,4-5H,1,3,6H2,(H2,18,19,20). The molecular formula is C15H11F2N3S. The molecule has 1 aliphatic carbocycles. The lowest BCUT2D eigenvalue weighted by Crippen LogP contribution is -2.00. The first-order valence-corrected chi connectivity index (χ1v) is 7.49. The van der Waals surface area contributed by atoms with E-state index in [1.807, 2.05) is 0 Å². The molecule has 0 fully saturated rings. The lowest BCUT2D eigenvalue weighted by molar-refractivity contribution is 0.588. The van der Waals surface area contributed by atoms with E-state index in [-0.39, 0.29) is 11.4 Å². The molecule has 6 heteroatoms. The number of halogens is 2. The van der Waals surface area contributed by atoms with Crippen molar-refractivity contribution in [2.45, 2.75) is 19.3 Å². The molecule has 1 aromatic carbocycles. The average molecular weight is 303 g/mol. The maximum absolute atomic E-state index is 13.9. The van der Waals surface area contributed by atoms with Gasteiger partial charge in [-0.2, -0.15) is 0 Å². The van der Waals surface area contributed by atoms with Crippen LogP contribution in [-0.4, -0.2) is 9.97 Å². The Morgan fingerprint density at radius 3 is 2.62 bits per heavy atom.